The van der Waals surface area contributed by atoms with Crippen LogP contribution in [0.4, 0.5) is 0 Å². The monoisotopic (exact) mass is 376 g/mol. The van der Waals surface area contributed by atoms with E-state index < -0.39 is 0 Å². The van der Waals surface area contributed by atoms with Crippen LogP contribution in [-0.2, 0) is 6.42 Å². The molecule has 1 fully saturated rings. The lowest BCUT2D eigenvalue weighted by Crippen LogP contribution is -2.42. The van der Waals surface area contributed by atoms with E-state index in [1.807, 2.05) is 12.1 Å². The fourth-order valence-corrected chi connectivity index (χ4v) is 4.31. The fourth-order valence-electron chi connectivity index (χ4n) is 3.17. The van der Waals surface area contributed by atoms with Crippen LogP contribution < -0.4 is 10.6 Å². The van der Waals surface area contributed by atoms with Crippen molar-refractivity contribution in [3.05, 3.63) is 24.2 Å². The van der Waals surface area contributed by atoms with Crippen molar-refractivity contribution in [1.29, 1.82) is 0 Å². The number of hydrogen-bond acceptors (Lipinski definition) is 5. The van der Waals surface area contributed by atoms with Crippen LogP contribution in [0.2, 0.25) is 0 Å². The summed E-state index contributed by atoms with van der Waals surface area (Å²) in [5, 5.41) is 14.9. The van der Waals surface area contributed by atoms with E-state index in [2.05, 4.69) is 51.4 Å². The number of aromatic nitrogens is 3. The first kappa shape index (κ1) is 18.8. The second-order valence-corrected chi connectivity index (χ2v) is 7.90. The van der Waals surface area contributed by atoms with Crippen LogP contribution in [0, 0.1) is 0 Å². The van der Waals surface area contributed by atoms with Gasteiger partial charge in [0.1, 0.15) is 5.82 Å². The summed E-state index contributed by atoms with van der Waals surface area (Å²) in [6.45, 7) is 5.84. The number of nitrogens with zero attached hydrogens (tertiary/aromatic N) is 3. The van der Waals surface area contributed by atoms with Gasteiger partial charge in [-0.1, -0.05) is 6.92 Å². The minimum Gasteiger partial charge on any atom is -0.461 e. The Morgan fingerprint density at radius 2 is 2.35 bits per heavy atom. The van der Waals surface area contributed by atoms with Gasteiger partial charge in [-0.05, 0) is 44.1 Å². The lowest BCUT2D eigenvalue weighted by atomic mass is 10.2. The molecule has 26 heavy (non-hydrogen) atoms. The predicted molar refractivity (Wildman–Crippen MR) is 106 cm³/mol. The van der Waals surface area contributed by atoms with Gasteiger partial charge in [0.25, 0.3) is 0 Å². The van der Waals surface area contributed by atoms with Gasteiger partial charge in [0.05, 0.1) is 6.26 Å². The van der Waals surface area contributed by atoms with Gasteiger partial charge in [-0.2, -0.15) is 16.9 Å². The second kappa shape index (κ2) is 9.66. The Hall–Kier alpha value is -1.96. The third kappa shape index (κ3) is 5.27. The van der Waals surface area contributed by atoms with Crippen molar-refractivity contribution < 1.29 is 4.42 Å². The molecule has 1 saturated carbocycles. The molecule has 0 bridgehead atoms. The summed E-state index contributed by atoms with van der Waals surface area (Å²) in [5.41, 5.74) is 0. The van der Waals surface area contributed by atoms with Crippen LogP contribution in [0.5, 0.6) is 0 Å². The zero-order valence-corrected chi connectivity index (χ0v) is 16.3. The number of nitrogens with one attached hydrogen (secondary N) is 3. The molecular formula is C18H28N6OS. The standard InChI is InChI=1S/C18H28N6OS/c1-3-19-18(21-13-7-8-14(12-13)26-4-2)20-10-9-16-22-17(24-23-16)15-6-5-11-25-15/h5-6,11,13-14H,3-4,7-10,12H2,1-2H3,(H2,19,20,21)(H,22,23,24). The van der Waals surface area contributed by atoms with Gasteiger partial charge in [-0.25, -0.2) is 4.98 Å². The Morgan fingerprint density at radius 1 is 1.42 bits per heavy atom. The molecule has 1 aliphatic rings. The predicted octanol–water partition coefficient (Wildman–Crippen LogP) is 2.84. The fraction of sp³-hybridized carbons (Fsp3) is 0.611. The van der Waals surface area contributed by atoms with Crippen LogP contribution in [0.15, 0.2) is 27.8 Å². The van der Waals surface area contributed by atoms with Crippen LogP contribution in [0.25, 0.3) is 11.6 Å². The highest BCUT2D eigenvalue weighted by Gasteiger charge is 2.25. The molecule has 2 unspecified atom stereocenters. The molecule has 2 aromatic heterocycles. The van der Waals surface area contributed by atoms with E-state index in [0.717, 1.165) is 23.6 Å². The molecular weight excluding hydrogens is 348 g/mol. The van der Waals surface area contributed by atoms with E-state index in [0.29, 0.717) is 30.6 Å². The Balaban J connectivity index is 1.50. The van der Waals surface area contributed by atoms with Gasteiger partial charge in [0, 0.05) is 30.8 Å². The second-order valence-electron chi connectivity index (χ2n) is 6.33. The maximum atomic E-state index is 5.31. The number of hydrogen-bond donors (Lipinski definition) is 3. The summed E-state index contributed by atoms with van der Waals surface area (Å²) in [7, 11) is 0. The zero-order chi connectivity index (χ0) is 18.2. The Bertz CT molecular complexity index is 684. The Morgan fingerprint density at radius 3 is 3.12 bits per heavy atom. The van der Waals surface area contributed by atoms with Gasteiger partial charge in [0.15, 0.2) is 11.7 Å². The molecule has 2 aromatic rings. The first-order valence-corrected chi connectivity index (χ1v) is 10.4. The molecule has 142 valence electrons. The molecule has 2 atom stereocenters. The summed E-state index contributed by atoms with van der Waals surface area (Å²) < 4.78 is 5.31. The highest BCUT2D eigenvalue weighted by atomic mass is 32.2. The lowest BCUT2D eigenvalue weighted by molar-refractivity contribution is 0.577. The van der Waals surface area contributed by atoms with Crippen molar-refractivity contribution in [1.82, 2.24) is 25.8 Å². The topological polar surface area (TPSA) is 91.1 Å². The number of thioether (sulfide) groups is 1. The van der Waals surface area contributed by atoms with E-state index in [-0.39, 0.29) is 0 Å². The molecule has 7 nitrogen and oxygen atoms in total. The third-order valence-electron chi connectivity index (χ3n) is 4.36. The van der Waals surface area contributed by atoms with Crippen molar-refractivity contribution in [3.63, 3.8) is 0 Å². The maximum Gasteiger partial charge on any atom is 0.216 e. The summed E-state index contributed by atoms with van der Waals surface area (Å²) in [4.78, 5) is 9.15. The van der Waals surface area contributed by atoms with Crippen LogP contribution in [0.3, 0.4) is 0 Å². The molecule has 0 aromatic carbocycles. The molecule has 3 rings (SSSR count). The minimum atomic E-state index is 0.521. The van der Waals surface area contributed by atoms with Crippen molar-refractivity contribution in [3.8, 4) is 11.6 Å². The van der Waals surface area contributed by atoms with Crippen molar-refractivity contribution in [2.75, 3.05) is 18.8 Å². The van der Waals surface area contributed by atoms with Gasteiger partial charge in [-0.15, -0.1) is 0 Å². The van der Waals surface area contributed by atoms with Crippen molar-refractivity contribution in [2.24, 2.45) is 4.99 Å². The number of H-pyrrole nitrogens is 1. The van der Waals surface area contributed by atoms with Crippen LogP contribution in [-0.4, -0.2) is 51.3 Å². The number of aromatic amines is 1. The maximum absolute atomic E-state index is 5.31. The molecule has 0 amide bonds. The molecule has 0 spiro atoms. The number of furan rings is 1. The summed E-state index contributed by atoms with van der Waals surface area (Å²) in [5.74, 6) is 4.17. The van der Waals surface area contributed by atoms with E-state index in [1.165, 1.54) is 25.0 Å². The third-order valence-corrected chi connectivity index (χ3v) is 5.60. The highest BCUT2D eigenvalue weighted by Crippen LogP contribution is 2.29. The van der Waals surface area contributed by atoms with E-state index >= 15 is 0 Å². The largest absolute Gasteiger partial charge is 0.461 e. The average molecular weight is 377 g/mol. The van der Waals surface area contributed by atoms with Gasteiger partial charge < -0.3 is 15.1 Å². The van der Waals surface area contributed by atoms with Crippen LogP contribution >= 0.6 is 11.8 Å². The minimum absolute atomic E-state index is 0.521. The molecule has 0 radical (unpaired) electrons. The van der Waals surface area contributed by atoms with E-state index in [4.69, 9.17) is 9.41 Å². The van der Waals surface area contributed by atoms with Gasteiger partial charge in [-0.3, -0.25) is 10.1 Å². The highest BCUT2D eigenvalue weighted by molar-refractivity contribution is 7.99. The van der Waals surface area contributed by atoms with Crippen molar-refractivity contribution >= 4 is 17.7 Å². The summed E-state index contributed by atoms with van der Waals surface area (Å²) >= 11 is 2.07. The molecule has 0 aliphatic heterocycles. The smallest absolute Gasteiger partial charge is 0.216 e. The summed E-state index contributed by atoms with van der Waals surface area (Å²) in [6.07, 6.45) is 6.07. The molecule has 2 heterocycles. The normalized spacial score (nSPS) is 20.5. The van der Waals surface area contributed by atoms with Crippen molar-refractivity contribution in [2.45, 2.75) is 50.8 Å². The van der Waals surface area contributed by atoms with E-state index in [1.54, 1.807) is 6.26 Å². The van der Waals surface area contributed by atoms with Crippen LogP contribution in [0.1, 0.15) is 38.9 Å². The quantitative estimate of drug-likeness (QED) is 0.485. The zero-order valence-electron chi connectivity index (χ0n) is 15.5. The Labute approximate surface area is 158 Å². The van der Waals surface area contributed by atoms with Gasteiger partial charge in [0.2, 0.25) is 5.82 Å². The molecule has 1 aliphatic carbocycles. The average Bonchev–Trinajstić information content (AvgIpc) is 3.37. The molecule has 8 heteroatoms. The lowest BCUT2D eigenvalue weighted by Gasteiger charge is -2.17. The Kier molecular flexibility index (Phi) is 6.99. The molecule has 0 saturated heterocycles. The number of rotatable bonds is 8. The van der Waals surface area contributed by atoms with Gasteiger partial charge >= 0.3 is 0 Å². The first-order chi connectivity index (χ1) is 12.8. The first-order valence-electron chi connectivity index (χ1n) is 9.40. The molecule has 3 N–H and O–H groups in total. The number of aliphatic imine (C=N–C) groups is 1. The van der Waals surface area contributed by atoms with E-state index in [9.17, 15) is 0 Å². The summed E-state index contributed by atoms with van der Waals surface area (Å²) in [6, 6.07) is 4.20. The SMILES string of the molecule is CCNC(=NCCc1nc(-c2ccco2)n[nH]1)NC1CCC(SCC)C1. The number of guanidine groups is 1.